The first kappa shape index (κ1) is 18.3. The molecule has 2 aromatic carbocycles. The van der Waals surface area contributed by atoms with Crippen molar-refractivity contribution in [1.29, 1.82) is 0 Å². The van der Waals surface area contributed by atoms with E-state index in [2.05, 4.69) is 15.7 Å². The van der Waals surface area contributed by atoms with Gasteiger partial charge in [0.2, 0.25) is 0 Å². The molecule has 0 atom stereocenters. The molecule has 3 aromatic rings. The SMILES string of the molecule is COc1cccc(Cn2cc(NC(=S)Nc3ccc([N+](=O)[O-])cc3)cn2)c1. The molecule has 27 heavy (non-hydrogen) atoms. The molecule has 0 fully saturated rings. The monoisotopic (exact) mass is 383 g/mol. The number of hydrogen-bond acceptors (Lipinski definition) is 5. The largest absolute Gasteiger partial charge is 0.497 e. The molecular formula is C18H17N5O3S. The van der Waals surface area contributed by atoms with Gasteiger partial charge in [-0.25, -0.2) is 0 Å². The Balaban J connectivity index is 1.58. The predicted molar refractivity (Wildman–Crippen MR) is 107 cm³/mol. The molecule has 0 amide bonds. The summed E-state index contributed by atoms with van der Waals surface area (Å²) in [4.78, 5) is 10.2. The van der Waals surface area contributed by atoms with Crippen molar-refractivity contribution in [2.75, 3.05) is 17.7 Å². The van der Waals surface area contributed by atoms with Gasteiger partial charge in [0.15, 0.2) is 5.11 Å². The van der Waals surface area contributed by atoms with Gasteiger partial charge in [-0.2, -0.15) is 5.10 Å². The fraction of sp³-hybridized carbons (Fsp3) is 0.111. The second-order valence-corrected chi connectivity index (χ2v) is 6.07. The number of hydrogen-bond donors (Lipinski definition) is 2. The Morgan fingerprint density at radius 1 is 1.22 bits per heavy atom. The van der Waals surface area contributed by atoms with Gasteiger partial charge >= 0.3 is 0 Å². The van der Waals surface area contributed by atoms with Crippen molar-refractivity contribution in [3.05, 3.63) is 76.6 Å². The fourth-order valence-corrected chi connectivity index (χ4v) is 2.67. The molecule has 0 radical (unpaired) electrons. The molecule has 2 N–H and O–H groups in total. The first-order valence-electron chi connectivity index (χ1n) is 8.01. The fourth-order valence-electron chi connectivity index (χ4n) is 2.43. The van der Waals surface area contributed by atoms with Crippen LogP contribution >= 0.6 is 12.2 Å². The highest BCUT2D eigenvalue weighted by Gasteiger charge is 2.06. The smallest absolute Gasteiger partial charge is 0.269 e. The average molecular weight is 383 g/mol. The summed E-state index contributed by atoms with van der Waals surface area (Å²) < 4.78 is 7.01. The summed E-state index contributed by atoms with van der Waals surface area (Å²) in [7, 11) is 1.63. The van der Waals surface area contributed by atoms with Crippen molar-refractivity contribution in [2.45, 2.75) is 6.54 Å². The number of benzene rings is 2. The zero-order valence-electron chi connectivity index (χ0n) is 14.5. The molecule has 0 aliphatic rings. The number of nitrogens with one attached hydrogen (secondary N) is 2. The highest BCUT2D eigenvalue weighted by atomic mass is 32.1. The van der Waals surface area contributed by atoms with Crippen molar-refractivity contribution in [3.8, 4) is 5.75 Å². The van der Waals surface area contributed by atoms with Crippen LogP contribution in [0.5, 0.6) is 5.75 Å². The summed E-state index contributed by atoms with van der Waals surface area (Å²) in [5, 5.41) is 21.4. The quantitative estimate of drug-likeness (QED) is 0.381. The summed E-state index contributed by atoms with van der Waals surface area (Å²) in [5.74, 6) is 0.798. The zero-order chi connectivity index (χ0) is 19.2. The van der Waals surface area contributed by atoms with Gasteiger partial charge in [-0.15, -0.1) is 0 Å². The molecule has 3 rings (SSSR count). The van der Waals surface area contributed by atoms with Crippen LogP contribution in [0.3, 0.4) is 0 Å². The Morgan fingerprint density at radius 2 is 1.96 bits per heavy atom. The lowest BCUT2D eigenvalue weighted by molar-refractivity contribution is -0.384. The molecule has 0 saturated carbocycles. The first-order valence-corrected chi connectivity index (χ1v) is 8.42. The topological polar surface area (TPSA) is 94.2 Å². The van der Waals surface area contributed by atoms with Gasteiger partial charge in [0.1, 0.15) is 5.75 Å². The summed E-state index contributed by atoms with van der Waals surface area (Å²) in [6.07, 6.45) is 3.51. The van der Waals surface area contributed by atoms with Crippen LogP contribution in [0.4, 0.5) is 17.1 Å². The van der Waals surface area contributed by atoms with E-state index in [4.69, 9.17) is 17.0 Å². The van der Waals surface area contributed by atoms with Gasteiger partial charge in [-0.3, -0.25) is 14.8 Å². The van der Waals surface area contributed by atoms with Gasteiger partial charge in [-0.1, -0.05) is 12.1 Å². The number of nitrogens with zero attached hydrogens (tertiary/aromatic N) is 3. The van der Waals surface area contributed by atoms with Crippen LogP contribution in [0.15, 0.2) is 60.9 Å². The molecule has 9 heteroatoms. The van der Waals surface area contributed by atoms with Gasteiger partial charge in [0.25, 0.3) is 5.69 Å². The van der Waals surface area contributed by atoms with Gasteiger partial charge in [0, 0.05) is 24.0 Å². The maximum atomic E-state index is 10.7. The minimum atomic E-state index is -0.447. The van der Waals surface area contributed by atoms with E-state index in [-0.39, 0.29) is 5.69 Å². The lowest BCUT2D eigenvalue weighted by Gasteiger charge is -2.08. The van der Waals surface area contributed by atoms with Gasteiger partial charge in [0.05, 0.1) is 30.5 Å². The molecular weight excluding hydrogens is 366 g/mol. The van der Waals surface area contributed by atoms with Crippen molar-refractivity contribution in [1.82, 2.24) is 9.78 Å². The molecule has 1 heterocycles. The summed E-state index contributed by atoms with van der Waals surface area (Å²) in [6.45, 7) is 0.599. The molecule has 138 valence electrons. The molecule has 0 aliphatic heterocycles. The molecule has 0 aliphatic carbocycles. The maximum Gasteiger partial charge on any atom is 0.269 e. The Morgan fingerprint density at radius 3 is 2.67 bits per heavy atom. The molecule has 0 bridgehead atoms. The Bertz CT molecular complexity index is 956. The number of methoxy groups -OCH3 is 1. The van der Waals surface area contributed by atoms with E-state index in [1.807, 2.05) is 30.5 Å². The van der Waals surface area contributed by atoms with Crippen LogP contribution in [0.1, 0.15) is 5.56 Å². The third kappa shape index (κ3) is 5.02. The van der Waals surface area contributed by atoms with Crippen LogP contribution in [0.25, 0.3) is 0 Å². The van der Waals surface area contributed by atoms with Gasteiger partial charge in [-0.05, 0) is 42.0 Å². The highest BCUT2D eigenvalue weighted by Crippen LogP contribution is 2.17. The van der Waals surface area contributed by atoms with Crippen LogP contribution in [0.2, 0.25) is 0 Å². The number of rotatable bonds is 6. The average Bonchev–Trinajstić information content (AvgIpc) is 3.08. The van der Waals surface area contributed by atoms with Crippen molar-refractivity contribution in [3.63, 3.8) is 0 Å². The lowest BCUT2D eigenvalue weighted by Crippen LogP contribution is -2.18. The maximum absolute atomic E-state index is 10.7. The number of ether oxygens (including phenoxy) is 1. The van der Waals surface area contributed by atoms with Crippen molar-refractivity contribution in [2.24, 2.45) is 0 Å². The van der Waals surface area contributed by atoms with E-state index >= 15 is 0 Å². The Labute approximate surface area is 160 Å². The van der Waals surface area contributed by atoms with Gasteiger partial charge < -0.3 is 15.4 Å². The molecule has 0 unspecified atom stereocenters. The number of thiocarbonyl (C=S) groups is 1. The highest BCUT2D eigenvalue weighted by molar-refractivity contribution is 7.80. The van der Waals surface area contributed by atoms with Crippen molar-refractivity contribution >= 4 is 34.4 Å². The summed E-state index contributed by atoms with van der Waals surface area (Å²) >= 11 is 5.26. The van der Waals surface area contributed by atoms with E-state index in [0.29, 0.717) is 17.3 Å². The lowest BCUT2D eigenvalue weighted by atomic mass is 10.2. The Hall–Kier alpha value is -3.46. The summed E-state index contributed by atoms with van der Waals surface area (Å²) in [6, 6.07) is 13.8. The molecule has 0 saturated heterocycles. The second-order valence-electron chi connectivity index (χ2n) is 5.66. The first-order chi connectivity index (χ1) is 13.0. The van der Waals surface area contributed by atoms with E-state index in [9.17, 15) is 10.1 Å². The third-order valence-electron chi connectivity index (χ3n) is 3.71. The molecule has 0 spiro atoms. The standard InChI is InChI=1S/C18H17N5O3S/c1-26-17-4-2-3-13(9-17)11-22-12-15(10-19-22)21-18(27)20-14-5-7-16(8-6-14)23(24)25/h2-10,12H,11H2,1H3,(H2,20,21,27). The van der Waals surface area contributed by atoms with Crippen LogP contribution < -0.4 is 15.4 Å². The van der Waals surface area contributed by atoms with Crippen molar-refractivity contribution < 1.29 is 9.66 Å². The van der Waals surface area contributed by atoms with Crippen LogP contribution in [0, 0.1) is 10.1 Å². The minimum Gasteiger partial charge on any atom is -0.497 e. The van der Waals surface area contributed by atoms with E-state index in [0.717, 1.165) is 17.0 Å². The normalized spacial score (nSPS) is 10.3. The number of non-ortho nitro benzene ring substituents is 1. The predicted octanol–water partition coefficient (Wildman–Crippen LogP) is 3.66. The minimum absolute atomic E-state index is 0.0262. The zero-order valence-corrected chi connectivity index (χ0v) is 15.3. The van der Waals surface area contributed by atoms with E-state index < -0.39 is 4.92 Å². The molecule has 1 aromatic heterocycles. The Kier molecular flexibility index (Phi) is 5.62. The van der Waals surface area contributed by atoms with E-state index in [1.165, 1.54) is 12.1 Å². The number of aromatic nitrogens is 2. The number of nitro benzene ring substituents is 1. The molecule has 8 nitrogen and oxygen atoms in total. The number of anilines is 2. The van der Waals surface area contributed by atoms with Crippen LogP contribution in [-0.2, 0) is 6.54 Å². The van der Waals surface area contributed by atoms with Crippen LogP contribution in [-0.4, -0.2) is 26.9 Å². The third-order valence-corrected chi connectivity index (χ3v) is 3.91. The van der Waals surface area contributed by atoms with E-state index in [1.54, 1.807) is 30.1 Å². The number of nitro groups is 1. The second kappa shape index (κ2) is 8.28. The summed E-state index contributed by atoms with van der Waals surface area (Å²) in [5.41, 5.74) is 2.48.